The smallest absolute Gasteiger partial charge is 0.140 e. The van der Waals surface area contributed by atoms with Crippen LogP contribution in [0.4, 0.5) is 0 Å². The third-order valence-electron chi connectivity index (χ3n) is 1.34. The summed E-state index contributed by atoms with van der Waals surface area (Å²) in [6.45, 7) is 3.86. The van der Waals surface area contributed by atoms with Crippen LogP contribution in [-0.2, 0) is 4.79 Å². The lowest BCUT2D eigenvalue weighted by molar-refractivity contribution is -0.124. The van der Waals surface area contributed by atoms with E-state index in [0.717, 1.165) is 10.7 Å². The fourth-order valence-electron chi connectivity index (χ4n) is 0.665. The standard InChI is InChI=1S/C7H12Br2O/c1-5(2)7(10)6(3-8)4-9/h5-6H,3-4H2,1-2H3. The largest absolute Gasteiger partial charge is 0.299 e. The lowest BCUT2D eigenvalue weighted by Crippen LogP contribution is -2.22. The van der Waals surface area contributed by atoms with Gasteiger partial charge in [0.1, 0.15) is 5.78 Å². The van der Waals surface area contributed by atoms with Gasteiger partial charge in [0, 0.05) is 22.5 Å². The first-order valence-corrected chi connectivity index (χ1v) is 5.53. The van der Waals surface area contributed by atoms with Gasteiger partial charge in [0.05, 0.1) is 0 Å². The summed E-state index contributed by atoms with van der Waals surface area (Å²) in [7, 11) is 0. The Balaban J connectivity index is 3.89. The maximum atomic E-state index is 11.2. The Morgan fingerprint density at radius 3 is 1.80 bits per heavy atom. The highest BCUT2D eigenvalue weighted by molar-refractivity contribution is 9.09. The summed E-state index contributed by atoms with van der Waals surface area (Å²) < 4.78 is 0. The Morgan fingerprint density at radius 1 is 1.30 bits per heavy atom. The Labute approximate surface area is 78.8 Å². The molecular formula is C7H12Br2O. The number of carbonyl (C=O) groups excluding carboxylic acids is 1. The first-order chi connectivity index (χ1) is 4.63. The zero-order valence-corrected chi connectivity index (χ0v) is 9.41. The molecule has 1 nitrogen and oxygen atoms in total. The Bertz CT molecular complexity index is 108. The van der Waals surface area contributed by atoms with Gasteiger partial charge in [0.2, 0.25) is 0 Å². The van der Waals surface area contributed by atoms with E-state index in [-0.39, 0.29) is 11.8 Å². The predicted octanol–water partition coefficient (Wildman–Crippen LogP) is 2.62. The van der Waals surface area contributed by atoms with Crippen molar-refractivity contribution in [3.63, 3.8) is 0 Å². The summed E-state index contributed by atoms with van der Waals surface area (Å²) in [5.41, 5.74) is 0. The van der Waals surface area contributed by atoms with Gasteiger partial charge in [-0.15, -0.1) is 0 Å². The quantitative estimate of drug-likeness (QED) is 0.719. The second-order valence-electron chi connectivity index (χ2n) is 2.56. The van der Waals surface area contributed by atoms with Crippen LogP contribution in [-0.4, -0.2) is 16.4 Å². The van der Waals surface area contributed by atoms with Gasteiger partial charge in [0.25, 0.3) is 0 Å². The summed E-state index contributed by atoms with van der Waals surface area (Å²) in [6, 6.07) is 0. The molecule has 10 heavy (non-hydrogen) atoms. The molecular weight excluding hydrogens is 260 g/mol. The van der Waals surface area contributed by atoms with E-state index in [1.807, 2.05) is 13.8 Å². The minimum Gasteiger partial charge on any atom is -0.299 e. The van der Waals surface area contributed by atoms with E-state index in [4.69, 9.17) is 0 Å². The second kappa shape index (κ2) is 5.30. The Morgan fingerprint density at radius 2 is 1.70 bits per heavy atom. The fraction of sp³-hybridized carbons (Fsp3) is 0.857. The average molecular weight is 272 g/mol. The third-order valence-corrected chi connectivity index (χ3v) is 2.91. The molecule has 0 aromatic heterocycles. The summed E-state index contributed by atoms with van der Waals surface area (Å²) in [5, 5.41) is 1.52. The minimum absolute atomic E-state index is 0.139. The van der Waals surface area contributed by atoms with Gasteiger partial charge in [-0.05, 0) is 0 Å². The number of carbonyl (C=O) groups is 1. The molecule has 0 unspecified atom stereocenters. The first kappa shape index (κ1) is 10.6. The molecule has 0 aliphatic rings. The van der Waals surface area contributed by atoms with Gasteiger partial charge in [-0.2, -0.15) is 0 Å². The number of Topliss-reactive ketones (excluding diaryl/α,β-unsaturated/α-hetero) is 1. The molecule has 0 saturated heterocycles. The molecule has 60 valence electrons. The third kappa shape index (κ3) is 3.15. The average Bonchev–Trinajstić information content (AvgIpc) is 1.90. The van der Waals surface area contributed by atoms with Crippen LogP contribution in [0.3, 0.4) is 0 Å². The van der Waals surface area contributed by atoms with Crippen LogP contribution in [0.25, 0.3) is 0 Å². The molecule has 0 atom stereocenters. The lowest BCUT2D eigenvalue weighted by atomic mass is 9.99. The molecule has 0 N–H and O–H groups in total. The van der Waals surface area contributed by atoms with E-state index in [0.29, 0.717) is 5.78 Å². The van der Waals surface area contributed by atoms with Crippen LogP contribution >= 0.6 is 31.9 Å². The van der Waals surface area contributed by atoms with Crippen molar-refractivity contribution < 1.29 is 4.79 Å². The molecule has 0 rings (SSSR count). The molecule has 3 heteroatoms. The van der Waals surface area contributed by atoms with Crippen molar-refractivity contribution in [1.82, 2.24) is 0 Å². The van der Waals surface area contributed by atoms with Crippen molar-refractivity contribution in [2.24, 2.45) is 11.8 Å². The van der Waals surface area contributed by atoms with Crippen molar-refractivity contribution in [1.29, 1.82) is 0 Å². The highest BCUT2D eigenvalue weighted by Gasteiger charge is 2.18. The molecule has 0 bridgehead atoms. The van der Waals surface area contributed by atoms with Gasteiger partial charge in [-0.3, -0.25) is 4.79 Å². The van der Waals surface area contributed by atoms with E-state index in [1.54, 1.807) is 0 Å². The molecule has 0 aromatic rings. The summed E-state index contributed by atoms with van der Waals surface area (Å²) >= 11 is 6.59. The molecule has 0 amide bonds. The van der Waals surface area contributed by atoms with E-state index >= 15 is 0 Å². The van der Waals surface area contributed by atoms with E-state index in [9.17, 15) is 4.79 Å². The summed E-state index contributed by atoms with van der Waals surface area (Å²) in [6.07, 6.45) is 0. The zero-order valence-electron chi connectivity index (χ0n) is 6.23. The van der Waals surface area contributed by atoms with Crippen molar-refractivity contribution in [3.05, 3.63) is 0 Å². The second-order valence-corrected chi connectivity index (χ2v) is 3.86. The molecule has 0 aliphatic heterocycles. The van der Waals surface area contributed by atoms with Crippen LogP contribution in [0, 0.1) is 11.8 Å². The topological polar surface area (TPSA) is 17.1 Å². The number of hydrogen-bond acceptors (Lipinski definition) is 1. The molecule has 0 aromatic carbocycles. The zero-order chi connectivity index (χ0) is 8.15. The van der Waals surface area contributed by atoms with Gasteiger partial charge >= 0.3 is 0 Å². The van der Waals surface area contributed by atoms with Crippen LogP contribution in [0.1, 0.15) is 13.8 Å². The van der Waals surface area contributed by atoms with Crippen molar-refractivity contribution in [2.45, 2.75) is 13.8 Å². The van der Waals surface area contributed by atoms with Gasteiger partial charge in [-0.1, -0.05) is 45.7 Å². The number of rotatable bonds is 4. The SMILES string of the molecule is CC(C)C(=O)C(CBr)CBr. The first-order valence-electron chi connectivity index (χ1n) is 3.29. The van der Waals surface area contributed by atoms with Crippen molar-refractivity contribution in [2.75, 3.05) is 10.7 Å². The number of halogens is 2. The van der Waals surface area contributed by atoms with Crippen LogP contribution < -0.4 is 0 Å². The summed E-state index contributed by atoms with van der Waals surface area (Å²) in [5.74, 6) is 0.619. The van der Waals surface area contributed by atoms with Crippen molar-refractivity contribution >= 4 is 37.6 Å². The highest BCUT2D eigenvalue weighted by atomic mass is 79.9. The highest BCUT2D eigenvalue weighted by Crippen LogP contribution is 2.12. The van der Waals surface area contributed by atoms with E-state index in [1.165, 1.54) is 0 Å². The van der Waals surface area contributed by atoms with Gasteiger partial charge in [0.15, 0.2) is 0 Å². The fourth-order valence-corrected chi connectivity index (χ4v) is 2.38. The molecule has 0 fully saturated rings. The predicted molar refractivity (Wildman–Crippen MR) is 50.9 cm³/mol. The van der Waals surface area contributed by atoms with Gasteiger partial charge in [-0.25, -0.2) is 0 Å². The molecule has 0 radical (unpaired) electrons. The molecule has 0 aliphatic carbocycles. The van der Waals surface area contributed by atoms with Crippen LogP contribution in [0.5, 0.6) is 0 Å². The van der Waals surface area contributed by atoms with Crippen LogP contribution in [0.15, 0.2) is 0 Å². The Kier molecular flexibility index (Phi) is 5.64. The minimum atomic E-state index is 0.139. The Hall–Kier alpha value is 0.630. The maximum absolute atomic E-state index is 11.2. The lowest BCUT2D eigenvalue weighted by Gasteiger charge is -2.11. The maximum Gasteiger partial charge on any atom is 0.140 e. The summed E-state index contributed by atoms with van der Waals surface area (Å²) in [4.78, 5) is 11.2. The molecule has 0 heterocycles. The van der Waals surface area contributed by atoms with E-state index < -0.39 is 0 Å². The number of alkyl halides is 2. The van der Waals surface area contributed by atoms with Crippen LogP contribution in [0.2, 0.25) is 0 Å². The molecule has 0 saturated carbocycles. The van der Waals surface area contributed by atoms with Crippen molar-refractivity contribution in [3.8, 4) is 0 Å². The number of ketones is 1. The number of hydrogen-bond donors (Lipinski definition) is 0. The molecule has 0 spiro atoms. The van der Waals surface area contributed by atoms with Gasteiger partial charge < -0.3 is 0 Å². The van der Waals surface area contributed by atoms with E-state index in [2.05, 4.69) is 31.9 Å². The monoisotopic (exact) mass is 270 g/mol. The normalized spacial score (nSPS) is 11.0.